The third-order valence-electron chi connectivity index (χ3n) is 6.24. The molecule has 7 nitrogen and oxygen atoms in total. The molecule has 1 amide bonds. The van der Waals surface area contributed by atoms with Crippen LogP contribution in [0.4, 0.5) is 0 Å². The van der Waals surface area contributed by atoms with Crippen molar-refractivity contribution in [1.29, 1.82) is 0 Å². The molecule has 0 unspecified atom stereocenters. The van der Waals surface area contributed by atoms with E-state index in [0.717, 1.165) is 37.8 Å². The molecule has 2 aromatic heterocycles. The fourth-order valence-corrected chi connectivity index (χ4v) is 4.62. The SMILES string of the molecule is CC[C@]1(O)CCC[C@H]2CN(C(=O)CCc3nc(-c4ccncc4)no3)C[C@H]21. The summed E-state index contributed by atoms with van der Waals surface area (Å²) in [4.78, 5) is 22.9. The number of amides is 1. The first-order chi connectivity index (χ1) is 13.1. The minimum Gasteiger partial charge on any atom is -0.390 e. The van der Waals surface area contributed by atoms with E-state index in [1.165, 1.54) is 0 Å². The van der Waals surface area contributed by atoms with Crippen LogP contribution < -0.4 is 0 Å². The highest BCUT2D eigenvalue weighted by molar-refractivity contribution is 5.76. The Labute approximate surface area is 158 Å². The Morgan fingerprint density at radius 3 is 2.96 bits per heavy atom. The third-order valence-corrected chi connectivity index (χ3v) is 6.24. The summed E-state index contributed by atoms with van der Waals surface area (Å²) in [7, 11) is 0. The minimum absolute atomic E-state index is 0.103. The van der Waals surface area contributed by atoms with E-state index in [-0.39, 0.29) is 11.8 Å². The van der Waals surface area contributed by atoms with E-state index in [0.29, 0.717) is 37.0 Å². The predicted octanol–water partition coefficient (Wildman–Crippen LogP) is 2.46. The summed E-state index contributed by atoms with van der Waals surface area (Å²) >= 11 is 0. The lowest BCUT2D eigenvalue weighted by atomic mass is 9.69. The maximum atomic E-state index is 12.7. The molecule has 3 atom stereocenters. The molecular weight excluding hydrogens is 344 g/mol. The molecule has 27 heavy (non-hydrogen) atoms. The second-order valence-corrected chi connectivity index (χ2v) is 7.76. The van der Waals surface area contributed by atoms with E-state index in [1.807, 2.05) is 24.0 Å². The zero-order valence-corrected chi connectivity index (χ0v) is 15.7. The molecule has 0 aromatic carbocycles. The van der Waals surface area contributed by atoms with Gasteiger partial charge in [0.25, 0.3) is 0 Å². The number of likely N-dealkylation sites (tertiary alicyclic amines) is 1. The second-order valence-electron chi connectivity index (χ2n) is 7.76. The van der Waals surface area contributed by atoms with Gasteiger partial charge in [-0.1, -0.05) is 18.5 Å². The van der Waals surface area contributed by atoms with Gasteiger partial charge in [-0.3, -0.25) is 9.78 Å². The molecule has 0 radical (unpaired) electrons. The molecule has 2 aliphatic rings. The van der Waals surface area contributed by atoms with Gasteiger partial charge >= 0.3 is 0 Å². The van der Waals surface area contributed by atoms with Gasteiger partial charge in [0.2, 0.25) is 17.6 Å². The molecule has 1 aliphatic carbocycles. The molecule has 1 saturated carbocycles. The lowest BCUT2D eigenvalue weighted by molar-refractivity contribution is -0.130. The molecule has 2 aromatic rings. The van der Waals surface area contributed by atoms with Crippen LogP contribution in [0.2, 0.25) is 0 Å². The highest BCUT2D eigenvalue weighted by Crippen LogP contribution is 2.44. The molecular formula is C20H26N4O3. The van der Waals surface area contributed by atoms with Crippen molar-refractivity contribution in [3.63, 3.8) is 0 Å². The summed E-state index contributed by atoms with van der Waals surface area (Å²) in [6.45, 7) is 3.47. The van der Waals surface area contributed by atoms with Gasteiger partial charge in [-0.15, -0.1) is 0 Å². The van der Waals surface area contributed by atoms with Crippen molar-refractivity contribution in [2.45, 2.75) is 51.0 Å². The van der Waals surface area contributed by atoms with Crippen LogP contribution in [0.15, 0.2) is 29.0 Å². The summed E-state index contributed by atoms with van der Waals surface area (Å²) in [6, 6.07) is 3.64. The molecule has 1 saturated heterocycles. The van der Waals surface area contributed by atoms with Gasteiger partial charge in [-0.25, -0.2) is 0 Å². The van der Waals surface area contributed by atoms with Crippen molar-refractivity contribution >= 4 is 5.91 Å². The first kappa shape index (κ1) is 18.1. The molecule has 0 bridgehead atoms. The Balaban J connectivity index is 1.35. The van der Waals surface area contributed by atoms with Gasteiger partial charge in [0.05, 0.1) is 5.60 Å². The zero-order chi connectivity index (χ0) is 18.9. The number of aromatic nitrogens is 3. The molecule has 2 fully saturated rings. The maximum absolute atomic E-state index is 12.7. The summed E-state index contributed by atoms with van der Waals surface area (Å²) in [5.74, 6) is 1.72. The zero-order valence-electron chi connectivity index (χ0n) is 15.7. The molecule has 0 spiro atoms. The number of aliphatic hydroxyl groups is 1. The molecule has 144 valence electrons. The minimum atomic E-state index is -0.607. The lowest BCUT2D eigenvalue weighted by Crippen LogP contribution is -2.44. The quantitative estimate of drug-likeness (QED) is 0.869. The van der Waals surface area contributed by atoms with Crippen molar-refractivity contribution in [2.24, 2.45) is 11.8 Å². The molecule has 1 N–H and O–H groups in total. The Hall–Kier alpha value is -2.28. The molecule has 7 heteroatoms. The first-order valence-electron chi connectivity index (χ1n) is 9.82. The topological polar surface area (TPSA) is 92.3 Å². The molecule has 1 aliphatic heterocycles. The number of rotatable bonds is 5. The summed E-state index contributed by atoms with van der Waals surface area (Å²) in [5.41, 5.74) is 0.234. The van der Waals surface area contributed by atoms with Crippen LogP contribution in [0.25, 0.3) is 11.4 Å². The Bertz CT molecular complexity index is 794. The predicted molar refractivity (Wildman–Crippen MR) is 98.5 cm³/mol. The second kappa shape index (κ2) is 7.38. The van der Waals surface area contributed by atoms with Gasteiger partial charge in [-0.05, 0) is 37.3 Å². The van der Waals surface area contributed by atoms with Gasteiger partial charge in [0, 0.05) is 49.8 Å². The van der Waals surface area contributed by atoms with Crippen LogP contribution in [0.5, 0.6) is 0 Å². The van der Waals surface area contributed by atoms with Gasteiger partial charge < -0.3 is 14.5 Å². The van der Waals surface area contributed by atoms with E-state index in [1.54, 1.807) is 12.4 Å². The van der Waals surface area contributed by atoms with E-state index < -0.39 is 5.60 Å². The van der Waals surface area contributed by atoms with Crippen molar-refractivity contribution in [2.75, 3.05) is 13.1 Å². The van der Waals surface area contributed by atoms with E-state index in [2.05, 4.69) is 15.1 Å². The highest BCUT2D eigenvalue weighted by atomic mass is 16.5. The Morgan fingerprint density at radius 1 is 1.37 bits per heavy atom. The van der Waals surface area contributed by atoms with Crippen LogP contribution in [0.1, 0.15) is 44.9 Å². The first-order valence-corrected chi connectivity index (χ1v) is 9.82. The highest BCUT2D eigenvalue weighted by Gasteiger charge is 2.48. The van der Waals surface area contributed by atoms with Crippen molar-refractivity contribution in [3.8, 4) is 11.4 Å². The van der Waals surface area contributed by atoms with Gasteiger partial charge in [0.15, 0.2) is 0 Å². The van der Waals surface area contributed by atoms with Crippen LogP contribution in [-0.2, 0) is 11.2 Å². The number of nitrogens with zero attached hydrogens (tertiary/aromatic N) is 4. The number of pyridine rings is 1. The number of hydrogen-bond acceptors (Lipinski definition) is 6. The number of carbonyl (C=O) groups excluding carboxylic acids is 1. The lowest BCUT2D eigenvalue weighted by Gasteiger charge is -2.40. The van der Waals surface area contributed by atoms with E-state index >= 15 is 0 Å². The van der Waals surface area contributed by atoms with E-state index in [4.69, 9.17) is 4.52 Å². The monoisotopic (exact) mass is 370 g/mol. The average molecular weight is 370 g/mol. The standard InChI is InChI=1S/C20H26N4O3/c1-2-20(26)9-3-4-15-12-24(13-16(15)20)18(25)6-5-17-22-19(23-27-17)14-7-10-21-11-8-14/h7-8,10-11,15-16,26H,2-6,9,12-13H2,1H3/t15-,16+,20-/m0/s1. The Morgan fingerprint density at radius 2 is 2.19 bits per heavy atom. The number of fused-ring (bicyclic) bond motifs is 1. The van der Waals surface area contributed by atoms with E-state index in [9.17, 15) is 9.90 Å². The normalized spacial score (nSPS) is 27.6. The summed E-state index contributed by atoms with van der Waals surface area (Å²) < 4.78 is 5.28. The molecule has 4 rings (SSSR count). The largest absolute Gasteiger partial charge is 0.390 e. The molecule has 3 heterocycles. The number of carbonyl (C=O) groups is 1. The van der Waals surface area contributed by atoms with Crippen molar-refractivity contribution in [1.82, 2.24) is 20.0 Å². The van der Waals surface area contributed by atoms with Crippen LogP contribution in [-0.4, -0.2) is 49.7 Å². The smallest absolute Gasteiger partial charge is 0.227 e. The number of hydrogen-bond donors (Lipinski definition) is 1. The Kier molecular flexibility index (Phi) is 4.95. The summed E-state index contributed by atoms with van der Waals surface area (Å²) in [5, 5.41) is 14.9. The van der Waals surface area contributed by atoms with Crippen molar-refractivity contribution < 1.29 is 14.4 Å². The fourth-order valence-electron chi connectivity index (χ4n) is 4.62. The third kappa shape index (κ3) is 3.60. The van der Waals surface area contributed by atoms with Crippen LogP contribution in [0.3, 0.4) is 0 Å². The van der Waals surface area contributed by atoms with Gasteiger partial charge in [0.1, 0.15) is 0 Å². The van der Waals surface area contributed by atoms with Gasteiger partial charge in [-0.2, -0.15) is 4.98 Å². The van der Waals surface area contributed by atoms with Crippen molar-refractivity contribution in [3.05, 3.63) is 30.4 Å². The average Bonchev–Trinajstić information content (AvgIpc) is 3.35. The van der Waals surface area contributed by atoms with Crippen LogP contribution in [0, 0.1) is 11.8 Å². The fraction of sp³-hybridized carbons (Fsp3) is 0.600. The maximum Gasteiger partial charge on any atom is 0.227 e. The number of aryl methyl sites for hydroxylation is 1. The van der Waals surface area contributed by atoms with Crippen LogP contribution >= 0.6 is 0 Å². The summed E-state index contributed by atoms with van der Waals surface area (Å²) in [6.07, 6.45) is 7.91.